The summed E-state index contributed by atoms with van der Waals surface area (Å²) in [7, 11) is 0. The topological polar surface area (TPSA) is 182 Å². The Morgan fingerprint density at radius 3 is 1.58 bits per heavy atom. The Morgan fingerprint density at radius 1 is 0.737 bits per heavy atom. The number of carbonyl (C=O) groups is 2. The number of hydrogen-bond donors (Lipinski definition) is 2. The molecule has 0 unspecified atom stereocenters. The molecule has 0 spiro atoms. The van der Waals surface area contributed by atoms with Gasteiger partial charge in [0.1, 0.15) is 11.4 Å². The molecule has 0 aliphatic rings. The van der Waals surface area contributed by atoms with Gasteiger partial charge in [-0.25, -0.2) is 4.98 Å². The van der Waals surface area contributed by atoms with Crippen LogP contribution in [0.3, 0.4) is 0 Å². The van der Waals surface area contributed by atoms with Crippen LogP contribution in [0, 0.1) is 20.2 Å². The van der Waals surface area contributed by atoms with Crippen LogP contribution in [0.25, 0.3) is 0 Å². The summed E-state index contributed by atoms with van der Waals surface area (Å²) in [6, 6.07) is 16.5. The minimum Gasteiger partial charge on any atom is -0.349 e. The van der Waals surface area contributed by atoms with Crippen LogP contribution in [-0.4, -0.2) is 65.3 Å². The van der Waals surface area contributed by atoms with Crippen molar-refractivity contribution in [3.05, 3.63) is 109 Å². The second-order valence-electron chi connectivity index (χ2n) is 7.69. The van der Waals surface area contributed by atoms with Gasteiger partial charge < -0.3 is 10.6 Å². The van der Waals surface area contributed by atoms with Gasteiger partial charge in [-0.15, -0.1) is 0 Å². The molecular formula is C25H23N7O6. The van der Waals surface area contributed by atoms with E-state index in [0.29, 0.717) is 11.1 Å². The number of nitrogens with zero attached hydrogens (tertiary/aromatic N) is 5. The minimum atomic E-state index is -0.490. The van der Waals surface area contributed by atoms with Gasteiger partial charge in [-0.05, 0) is 23.3 Å². The van der Waals surface area contributed by atoms with Crippen molar-refractivity contribution in [1.29, 1.82) is 0 Å². The number of rotatable bonds is 12. The van der Waals surface area contributed by atoms with Crippen LogP contribution in [0.5, 0.6) is 0 Å². The van der Waals surface area contributed by atoms with E-state index in [9.17, 15) is 29.8 Å². The zero-order valence-corrected chi connectivity index (χ0v) is 20.0. The molecule has 194 valence electrons. The van der Waals surface area contributed by atoms with Crippen molar-refractivity contribution in [3.8, 4) is 0 Å². The minimum absolute atomic E-state index is 0.0366. The molecule has 2 aromatic carbocycles. The first-order chi connectivity index (χ1) is 18.3. The summed E-state index contributed by atoms with van der Waals surface area (Å²) >= 11 is 0. The van der Waals surface area contributed by atoms with E-state index >= 15 is 0 Å². The van der Waals surface area contributed by atoms with E-state index in [1.54, 1.807) is 24.3 Å². The second-order valence-corrected chi connectivity index (χ2v) is 7.69. The van der Waals surface area contributed by atoms with Gasteiger partial charge in [0.2, 0.25) is 0 Å². The fourth-order valence-electron chi connectivity index (χ4n) is 3.11. The third-order valence-corrected chi connectivity index (χ3v) is 4.91. The van der Waals surface area contributed by atoms with Gasteiger partial charge in [0.05, 0.1) is 22.9 Å². The number of amides is 2. The highest BCUT2D eigenvalue weighted by atomic mass is 16.6. The molecule has 0 radical (unpaired) electrons. The third kappa shape index (κ3) is 8.41. The van der Waals surface area contributed by atoms with Gasteiger partial charge in [-0.1, -0.05) is 30.3 Å². The third-order valence-electron chi connectivity index (χ3n) is 4.91. The van der Waals surface area contributed by atoms with Crippen molar-refractivity contribution in [2.24, 2.45) is 9.98 Å². The highest BCUT2D eigenvalue weighted by molar-refractivity contribution is 5.96. The lowest BCUT2D eigenvalue weighted by Gasteiger charge is -2.06. The highest BCUT2D eigenvalue weighted by Crippen LogP contribution is 2.12. The maximum atomic E-state index is 12.4. The van der Waals surface area contributed by atoms with Crippen LogP contribution >= 0.6 is 0 Å². The van der Waals surface area contributed by atoms with E-state index < -0.39 is 21.7 Å². The van der Waals surface area contributed by atoms with Crippen LogP contribution < -0.4 is 10.6 Å². The normalized spacial score (nSPS) is 10.9. The fraction of sp³-hybridized carbons (Fsp3) is 0.160. The number of benzene rings is 2. The smallest absolute Gasteiger partial charge is 0.270 e. The van der Waals surface area contributed by atoms with Crippen molar-refractivity contribution in [2.45, 2.75) is 0 Å². The first-order valence-corrected chi connectivity index (χ1v) is 11.4. The molecule has 3 aromatic rings. The summed E-state index contributed by atoms with van der Waals surface area (Å²) in [6.45, 7) is 0.882. The number of carbonyl (C=O) groups excluding carboxylic acids is 2. The molecule has 1 heterocycles. The first kappa shape index (κ1) is 27.3. The molecular weight excluding hydrogens is 494 g/mol. The van der Waals surface area contributed by atoms with Gasteiger partial charge in [0.15, 0.2) is 0 Å². The van der Waals surface area contributed by atoms with Crippen molar-refractivity contribution >= 4 is 35.6 Å². The Hall–Kier alpha value is -5.33. The molecule has 0 aliphatic carbocycles. The molecule has 1 aromatic heterocycles. The number of nitrogens with one attached hydrogen (secondary N) is 2. The Morgan fingerprint density at radius 2 is 1.16 bits per heavy atom. The van der Waals surface area contributed by atoms with E-state index in [1.807, 2.05) is 0 Å². The molecule has 0 aliphatic heterocycles. The summed E-state index contributed by atoms with van der Waals surface area (Å²) in [5.74, 6) is -0.960. The average molecular weight is 518 g/mol. The van der Waals surface area contributed by atoms with Crippen LogP contribution in [0.4, 0.5) is 11.4 Å². The number of nitro groups is 2. The standard InChI is InChI=1S/C25H23N7O6/c33-24(28-12-10-26-16-18-4-1-6-20(14-18)31(35)36)22-8-3-9-23(30-22)25(34)29-13-11-27-17-19-5-2-7-21(15-19)32(37)38/h1-9,14-17H,10-13H2,(H,28,33)(H,29,34). The quantitative estimate of drug-likeness (QED) is 0.160. The largest absolute Gasteiger partial charge is 0.349 e. The van der Waals surface area contributed by atoms with Crippen molar-refractivity contribution < 1.29 is 19.4 Å². The summed E-state index contributed by atoms with van der Waals surface area (Å²) in [4.78, 5) is 57.8. The van der Waals surface area contributed by atoms with Crippen LogP contribution in [0.2, 0.25) is 0 Å². The van der Waals surface area contributed by atoms with Gasteiger partial charge >= 0.3 is 0 Å². The Labute approximate surface area is 216 Å². The molecule has 0 saturated heterocycles. The lowest BCUT2D eigenvalue weighted by molar-refractivity contribution is -0.385. The van der Waals surface area contributed by atoms with Gasteiger partial charge in [0.25, 0.3) is 23.2 Å². The number of hydrogen-bond acceptors (Lipinski definition) is 9. The van der Waals surface area contributed by atoms with Crippen molar-refractivity contribution in [1.82, 2.24) is 15.6 Å². The van der Waals surface area contributed by atoms with Crippen LogP contribution in [-0.2, 0) is 0 Å². The summed E-state index contributed by atoms with van der Waals surface area (Å²) in [5.41, 5.74) is 1.19. The van der Waals surface area contributed by atoms with Gasteiger partial charge in [-0.3, -0.25) is 39.8 Å². The van der Waals surface area contributed by atoms with Crippen molar-refractivity contribution in [2.75, 3.05) is 26.2 Å². The Bertz CT molecular complexity index is 1290. The lowest BCUT2D eigenvalue weighted by atomic mass is 10.2. The molecule has 2 amide bonds. The first-order valence-electron chi connectivity index (χ1n) is 11.4. The summed E-state index contributed by atoms with van der Waals surface area (Å²) in [6.07, 6.45) is 2.96. The molecule has 38 heavy (non-hydrogen) atoms. The Kier molecular flexibility index (Phi) is 9.81. The van der Waals surface area contributed by atoms with Gasteiger partial charge in [-0.2, -0.15) is 0 Å². The van der Waals surface area contributed by atoms with E-state index in [1.165, 1.54) is 54.9 Å². The highest BCUT2D eigenvalue weighted by Gasteiger charge is 2.12. The Balaban J connectivity index is 1.43. The zero-order valence-electron chi connectivity index (χ0n) is 20.0. The maximum absolute atomic E-state index is 12.4. The molecule has 13 nitrogen and oxygen atoms in total. The van der Waals surface area contributed by atoms with Gasteiger partial charge in [0, 0.05) is 49.8 Å². The maximum Gasteiger partial charge on any atom is 0.270 e. The molecule has 3 rings (SSSR count). The molecule has 0 atom stereocenters. The monoisotopic (exact) mass is 517 g/mol. The van der Waals surface area contributed by atoms with Crippen LogP contribution in [0.1, 0.15) is 32.1 Å². The average Bonchev–Trinajstić information content (AvgIpc) is 2.92. The molecule has 13 heteroatoms. The van der Waals surface area contributed by atoms with Crippen molar-refractivity contribution in [3.63, 3.8) is 0 Å². The number of pyridine rings is 1. The predicted octanol–water partition coefficient (Wildman–Crippen LogP) is 2.60. The molecule has 2 N–H and O–H groups in total. The SMILES string of the molecule is O=C(NCCN=Cc1cccc([N+](=O)[O-])c1)c1cccc(C(=O)NCCN=Cc2cccc([N+](=O)[O-])c2)n1. The predicted molar refractivity (Wildman–Crippen MR) is 140 cm³/mol. The van der Waals surface area contributed by atoms with Crippen LogP contribution in [0.15, 0.2) is 76.7 Å². The number of non-ortho nitro benzene ring substituents is 2. The second kappa shape index (κ2) is 13.7. The number of aromatic nitrogens is 1. The molecule has 0 bridgehead atoms. The van der Waals surface area contributed by atoms with E-state index in [4.69, 9.17) is 0 Å². The summed E-state index contributed by atoms with van der Waals surface area (Å²) in [5, 5.41) is 26.9. The fourth-order valence-corrected chi connectivity index (χ4v) is 3.11. The summed E-state index contributed by atoms with van der Waals surface area (Å²) < 4.78 is 0. The zero-order chi connectivity index (χ0) is 27.3. The lowest BCUT2D eigenvalue weighted by Crippen LogP contribution is -2.29. The number of nitro benzene ring substituents is 2. The molecule has 0 saturated carbocycles. The van der Waals surface area contributed by atoms with E-state index in [0.717, 1.165) is 0 Å². The van der Waals surface area contributed by atoms with E-state index in [-0.39, 0.29) is 48.9 Å². The number of aliphatic imine (C=N–C) groups is 2. The van der Waals surface area contributed by atoms with E-state index in [2.05, 4.69) is 25.6 Å². The molecule has 0 fully saturated rings.